The average molecular weight is 400 g/mol. The van der Waals surface area contributed by atoms with E-state index in [-0.39, 0.29) is 11.3 Å². The minimum absolute atomic E-state index is 0.175. The molecule has 0 saturated heterocycles. The molecule has 1 fully saturated rings. The molecule has 138 valence electrons. The van der Waals surface area contributed by atoms with Crippen molar-refractivity contribution in [3.63, 3.8) is 0 Å². The van der Waals surface area contributed by atoms with Crippen LogP contribution in [0.1, 0.15) is 46.8 Å². The van der Waals surface area contributed by atoms with Crippen LogP contribution in [0.5, 0.6) is 0 Å². The zero-order chi connectivity index (χ0) is 19.0. The van der Waals surface area contributed by atoms with Crippen molar-refractivity contribution in [1.82, 2.24) is 14.8 Å². The van der Waals surface area contributed by atoms with E-state index in [1.807, 2.05) is 19.3 Å². The predicted molar refractivity (Wildman–Crippen MR) is 108 cm³/mol. The van der Waals surface area contributed by atoms with E-state index in [2.05, 4.69) is 10.1 Å². The first-order valence-electron chi connectivity index (χ1n) is 8.75. The molecule has 5 nitrogen and oxygen atoms in total. The lowest BCUT2D eigenvalue weighted by Gasteiger charge is -2.25. The molecule has 0 aliphatic heterocycles. The van der Waals surface area contributed by atoms with Gasteiger partial charge < -0.3 is 4.98 Å². The van der Waals surface area contributed by atoms with E-state index in [1.54, 1.807) is 28.9 Å². The third-order valence-corrected chi connectivity index (χ3v) is 6.11. The van der Waals surface area contributed by atoms with E-state index in [1.165, 1.54) is 42.2 Å². The van der Waals surface area contributed by atoms with Gasteiger partial charge in [0.1, 0.15) is 0 Å². The van der Waals surface area contributed by atoms with E-state index in [0.717, 1.165) is 5.69 Å². The third kappa shape index (κ3) is 3.68. The number of Topliss-reactive ketones (excluding diaryl/α,β-unsaturated/α-hetero) is 1. The highest BCUT2D eigenvalue weighted by molar-refractivity contribution is 7.07. The Morgan fingerprint density at radius 1 is 1.33 bits per heavy atom. The average Bonchev–Trinajstić information content (AvgIpc) is 3.11. The molecule has 0 radical (unpaired) electrons. The number of aromatic nitrogens is 3. The summed E-state index contributed by atoms with van der Waals surface area (Å²) in [7, 11) is 1.88. The molecule has 27 heavy (non-hydrogen) atoms. The summed E-state index contributed by atoms with van der Waals surface area (Å²) < 4.78 is 2.89. The smallest absolute Gasteiger partial charge is 0.266 e. The summed E-state index contributed by atoms with van der Waals surface area (Å²) in [6, 6.07) is 6.67. The Bertz CT molecular complexity index is 1170. The van der Waals surface area contributed by atoms with Crippen molar-refractivity contribution in [3.8, 4) is 0 Å². The largest absolute Gasteiger partial charge is 0.313 e. The highest BCUT2D eigenvalue weighted by Crippen LogP contribution is 2.37. The Labute approximate surface area is 164 Å². The summed E-state index contributed by atoms with van der Waals surface area (Å²) in [5.41, 5.74) is 2.48. The fraction of sp³-hybridized carbons (Fsp3) is 0.250. The third-order valence-electron chi connectivity index (χ3n) is 4.90. The fourth-order valence-corrected chi connectivity index (χ4v) is 4.13. The summed E-state index contributed by atoms with van der Waals surface area (Å²) in [6.07, 6.45) is 8.79. The van der Waals surface area contributed by atoms with Gasteiger partial charge in [-0.25, -0.2) is 0 Å². The molecule has 0 unspecified atom stereocenters. The second kappa shape index (κ2) is 7.29. The van der Waals surface area contributed by atoms with Gasteiger partial charge >= 0.3 is 0 Å². The molecular formula is C20H18ClN3O2S. The van der Waals surface area contributed by atoms with Gasteiger partial charge in [0.05, 0.1) is 21.1 Å². The van der Waals surface area contributed by atoms with Crippen LogP contribution in [-0.2, 0) is 7.05 Å². The topological polar surface area (TPSA) is 67.8 Å². The molecule has 1 aliphatic rings. The van der Waals surface area contributed by atoms with E-state index in [9.17, 15) is 9.59 Å². The van der Waals surface area contributed by atoms with Crippen molar-refractivity contribution in [3.05, 3.63) is 71.9 Å². The van der Waals surface area contributed by atoms with Gasteiger partial charge in [-0.2, -0.15) is 5.10 Å². The molecule has 1 saturated carbocycles. The lowest BCUT2D eigenvalue weighted by Crippen LogP contribution is -2.21. The van der Waals surface area contributed by atoms with E-state index in [4.69, 9.17) is 11.6 Å². The van der Waals surface area contributed by atoms with E-state index in [0.29, 0.717) is 25.7 Å². The number of halogens is 1. The molecule has 0 spiro atoms. The number of H-pyrrole nitrogens is 1. The van der Waals surface area contributed by atoms with Crippen molar-refractivity contribution < 1.29 is 4.79 Å². The van der Waals surface area contributed by atoms with Gasteiger partial charge in [0.2, 0.25) is 0 Å². The van der Waals surface area contributed by atoms with Gasteiger partial charge in [-0.05, 0) is 49.1 Å². The molecule has 1 aliphatic carbocycles. The number of ketones is 1. The van der Waals surface area contributed by atoms with Gasteiger partial charge in [0.25, 0.3) is 5.56 Å². The minimum atomic E-state index is -0.198. The van der Waals surface area contributed by atoms with Crippen molar-refractivity contribution in [2.75, 3.05) is 0 Å². The van der Waals surface area contributed by atoms with Crippen LogP contribution in [0.25, 0.3) is 12.2 Å². The van der Waals surface area contributed by atoms with Gasteiger partial charge in [0.15, 0.2) is 5.78 Å². The van der Waals surface area contributed by atoms with Crippen LogP contribution >= 0.6 is 22.9 Å². The molecule has 4 rings (SSSR count). The lowest BCUT2D eigenvalue weighted by molar-refractivity contribution is 0.106. The van der Waals surface area contributed by atoms with Gasteiger partial charge in [0, 0.05) is 29.3 Å². The maximum Gasteiger partial charge on any atom is 0.266 e. The number of rotatable bonds is 4. The minimum Gasteiger partial charge on any atom is -0.313 e. The van der Waals surface area contributed by atoms with Gasteiger partial charge in [-0.1, -0.05) is 18.0 Å². The number of aromatic amines is 1. The van der Waals surface area contributed by atoms with E-state index >= 15 is 0 Å². The molecule has 1 aromatic carbocycles. The Kier molecular flexibility index (Phi) is 4.85. The highest BCUT2D eigenvalue weighted by atomic mass is 35.5. The van der Waals surface area contributed by atoms with Crippen molar-refractivity contribution in [2.45, 2.75) is 25.2 Å². The maximum atomic E-state index is 12.4. The normalized spacial score (nSPS) is 15.9. The van der Waals surface area contributed by atoms with Crippen LogP contribution in [0.4, 0.5) is 0 Å². The first-order valence-corrected chi connectivity index (χ1v) is 9.95. The zero-order valence-electron chi connectivity index (χ0n) is 14.7. The molecular weight excluding hydrogens is 382 g/mol. The van der Waals surface area contributed by atoms with Crippen LogP contribution in [0.3, 0.4) is 0 Å². The quantitative estimate of drug-likeness (QED) is 0.685. The van der Waals surface area contributed by atoms with Crippen LogP contribution in [0.2, 0.25) is 5.02 Å². The first-order chi connectivity index (χ1) is 13.0. The van der Waals surface area contributed by atoms with Crippen LogP contribution in [-0.4, -0.2) is 20.5 Å². The first kappa shape index (κ1) is 17.9. The number of hydrogen-bond donors (Lipinski definition) is 1. The van der Waals surface area contributed by atoms with Crippen LogP contribution in [0.15, 0.2) is 35.3 Å². The Morgan fingerprint density at radius 2 is 2.07 bits per heavy atom. The van der Waals surface area contributed by atoms with Gasteiger partial charge in [-0.3, -0.25) is 14.3 Å². The number of thiazole rings is 1. The molecule has 1 N–H and O–H groups in total. The van der Waals surface area contributed by atoms with Crippen molar-refractivity contribution >= 4 is 40.9 Å². The number of carbonyl (C=O) groups is 1. The Balaban J connectivity index is 1.71. The second-order valence-electron chi connectivity index (χ2n) is 6.68. The molecule has 0 atom stereocenters. The predicted octanol–water partition coefficient (Wildman–Crippen LogP) is 2.58. The monoisotopic (exact) mass is 399 g/mol. The van der Waals surface area contributed by atoms with E-state index < -0.39 is 0 Å². The maximum absolute atomic E-state index is 12.4. The molecule has 0 amide bonds. The molecule has 2 aromatic heterocycles. The molecule has 2 heterocycles. The summed E-state index contributed by atoms with van der Waals surface area (Å²) in [4.78, 5) is 27.5. The lowest BCUT2D eigenvalue weighted by atomic mass is 9.80. The SMILES string of the molecule is Cn1ncc(C2CCC2)c1/C=c1\s/c(=C\C(=O)c2ccc(Cl)cc2)[nH]c1=O. The van der Waals surface area contributed by atoms with Crippen molar-refractivity contribution in [1.29, 1.82) is 0 Å². The summed E-state index contributed by atoms with van der Waals surface area (Å²) in [6.45, 7) is 0. The summed E-state index contributed by atoms with van der Waals surface area (Å²) >= 11 is 7.12. The summed E-state index contributed by atoms with van der Waals surface area (Å²) in [5, 5.41) is 4.93. The Morgan fingerprint density at radius 3 is 2.74 bits per heavy atom. The zero-order valence-corrected chi connectivity index (χ0v) is 16.3. The number of aryl methyl sites for hydroxylation is 1. The molecule has 3 aromatic rings. The highest BCUT2D eigenvalue weighted by Gasteiger charge is 2.23. The number of carbonyl (C=O) groups excluding carboxylic acids is 1. The Hall–Kier alpha value is -2.44. The second-order valence-corrected chi connectivity index (χ2v) is 8.20. The number of nitrogens with one attached hydrogen (secondary N) is 1. The molecule has 7 heteroatoms. The number of benzene rings is 1. The van der Waals surface area contributed by atoms with Gasteiger partial charge in [-0.15, -0.1) is 11.3 Å². The van der Waals surface area contributed by atoms with Crippen LogP contribution < -0.4 is 14.8 Å². The van der Waals surface area contributed by atoms with Crippen LogP contribution in [0, 0.1) is 0 Å². The number of nitrogens with zero attached hydrogens (tertiary/aromatic N) is 2. The standard InChI is InChI=1S/C20H18ClN3O2S/c1-24-16(15(11-22-24)12-3-2-4-12)9-18-20(26)23-19(27-18)10-17(25)13-5-7-14(21)8-6-13/h5-12H,2-4H2,1H3,(H,23,26)/b18-9-,19-10-. The number of hydrogen-bond acceptors (Lipinski definition) is 4. The fourth-order valence-electron chi connectivity index (χ4n) is 3.14. The molecule has 0 bridgehead atoms. The summed E-state index contributed by atoms with van der Waals surface area (Å²) in [5.74, 6) is 0.355. The van der Waals surface area contributed by atoms with Crippen molar-refractivity contribution in [2.24, 2.45) is 7.05 Å².